The summed E-state index contributed by atoms with van der Waals surface area (Å²) in [4.78, 5) is 32.1. The molecule has 2 aromatic carbocycles. The van der Waals surface area contributed by atoms with Crippen LogP contribution in [0.4, 0.5) is 9.52 Å². The summed E-state index contributed by atoms with van der Waals surface area (Å²) in [6.45, 7) is 0. The van der Waals surface area contributed by atoms with E-state index in [1.807, 2.05) is 0 Å². The molecule has 160 valence electrons. The number of rotatable bonds is 5. The quantitative estimate of drug-likeness (QED) is 0.438. The van der Waals surface area contributed by atoms with E-state index in [0.717, 1.165) is 11.3 Å². The number of halogens is 1. The number of Topliss-reactive ketones (excluding diaryl/α,β-unsaturated/α-hetero) is 1. The molecule has 0 radical (unpaired) electrons. The molecule has 0 unspecified atom stereocenters. The highest BCUT2D eigenvalue weighted by Crippen LogP contribution is 2.46. The van der Waals surface area contributed by atoms with Crippen LogP contribution in [0.5, 0.6) is 5.75 Å². The number of benzene rings is 2. The number of fused-ring (bicyclic) bond motifs is 1. The Bertz CT molecular complexity index is 1390. The van der Waals surface area contributed by atoms with Gasteiger partial charge in [0.1, 0.15) is 17.6 Å². The number of anilines is 1. The molecule has 7 nitrogen and oxygen atoms in total. The molecule has 4 aromatic rings. The van der Waals surface area contributed by atoms with Crippen LogP contribution < -0.4 is 9.64 Å². The number of carbonyl (C=O) groups is 2. The molecular formula is C23H15FN2O5S. The zero-order valence-electron chi connectivity index (χ0n) is 16.6. The number of aliphatic hydroxyl groups is 1. The van der Waals surface area contributed by atoms with Crippen LogP contribution >= 0.6 is 11.3 Å². The van der Waals surface area contributed by atoms with Gasteiger partial charge in [0.25, 0.3) is 5.91 Å². The van der Waals surface area contributed by atoms with Crippen molar-refractivity contribution in [3.63, 3.8) is 0 Å². The average molecular weight is 450 g/mol. The fraction of sp³-hybridized carbons (Fsp3) is 0.0870. The Hall–Kier alpha value is -3.98. The average Bonchev–Trinajstić information content (AvgIpc) is 3.52. The molecule has 9 heteroatoms. The van der Waals surface area contributed by atoms with E-state index in [2.05, 4.69) is 4.98 Å². The first kappa shape index (κ1) is 20.0. The van der Waals surface area contributed by atoms with E-state index < -0.39 is 29.3 Å². The molecule has 1 aliphatic rings. The summed E-state index contributed by atoms with van der Waals surface area (Å²) in [6, 6.07) is 12.9. The third kappa shape index (κ3) is 3.05. The summed E-state index contributed by atoms with van der Waals surface area (Å²) in [7, 11) is 1.47. The molecule has 0 bridgehead atoms. The lowest BCUT2D eigenvalue weighted by molar-refractivity contribution is -0.117. The van der Waals surface area contributed by atoms with Crippen molar-refractivity contribution in [3.8, 4) is 5.75 Å². The number of para-hydroxylation sites is 1. The molecule has 2 aromatic heterocycles. The lowest BCUT2D eigenvalue weighted by Crippen LogP contribution is -2.31. The molecule has 32 heavy (non-hydrogen) atoms. The van der Waals surface area contributed by atoms with Crippen LogP contribution in [0.25, 0.3) is 10.2 Å². The van der Waals surface area contributed by atoms with Crippen LogP contribution in [0.3, 0.4) is 0 Å². The minimum atomic E-state index is -1.03. The number of aliphatic hydroxyl groups excluding tert-OH is 1. The van der Waals surface area contributed by atoms with Crippen LogP contribution in [0, 0.1) is 5.82 Å². The number of amides is 1. The molecule has 0 fully saturated rings. The number of methoxy groups -OCH3 is 1. The number of nitrogens with zero attached hydrogens (tertiary/aromatic N) is 2. The Morgan fingerprint density at radius 2 is 2.03 bits per heavy atom. The zero-order valence-corrected chi connectivity index (χ0v) is 17.4. The van der Waals surface area contributed by atoms with E-state index in [1.54, 1.807) is 30.3 Å². The molecule has 0 spiro atoms. The second-order valence-electron chi connectivity index (χ2n) is 7.00. The Morgan fingerprint density at radius 1 is 1.22 bits per heavy atom. The number of ketones is 1. The second kappa shape index (κ2) is 7.61. The molecule has 1 amide bonds. The van der Waals surface area contributed by atoms with Crippen molar-refractivity contribution in [1.29, 1.82) is 0 Å². The number of aromatic nitrogens is 1. The summed E-state index contributed by atoms with van der Waals surface area (Å²) < 4.78 is 24.9. The first-order valence-electron chi connectivity index (χ1n) is 9.53. The van der Waals surface area contributed by atoms with Crippen molar-refractivity contribution >= 4 is 38.4 Å². The number of hydrogen-bond donors (Lipinski definition) is 1. The largest absolute Gasteiger partial charge is 0.503 e. The molecule has 1 N–H and O–H groups in total. The fourth-order valence-electron chi connectivity index (χ4n) is 3.75. The summed E-state index contributed by atoms with van der Waals surface area (Å²) in [6.07, 6.45) is 1.33. The minimum Gasteiger partial charge on any atom is -0.503 e. The van der Waals surface area contributed by atoms with Crippen molar-refractivity contribution in [2.45, 2.75) is 6.04 Å². The lowest BCUT2D eigenvalue weighted by Gasteiger charge is -2.25. The molecular weight excluding hydrogens is 435 g/mol. The monoisotopic (exact) mass is 450 g/mol. The van der Waals surface area contributed by atoms with Crippen molar-refractivity contribution in [1.82, 2.24) is 4.98 Å². The van der Waals surface area contributed by atoms with Crippen molar-refractivity contribution < 1.29 is 28.2 Å². The van der Waals surface area contributed by atoms with Gasteiger partial charge in [-0.25, -0.2) is 9.37 Å². The summed E-state index contributed by atoms with van der Waals surface area (Å²) in [5.41, 5.74) is 0.816. The molecule has 1 aliphatic heterocycles. The number of carbonyl (C=O) groups excluding carboxylic acids is 2. The third-order valence-corrected chi connectivity index (χ3v) is 6.19. The number of thiazole rings is 1. The Kier molecular flexibility index (Phi) is 4.75. The van der Waals surface area contributed by atoms with E-state index in [4.69, 9.17) is 9.15 Å². The summed E-state index contributed by atoms with van der Waals surface area (Å²) >= 11 is 1.08. The van der Waals surface area contributed by atoms with Gasteiger partial charge in [-0.05, 0) is 36.4 Å². The number of hydrogen-bond acceptors (Lipinski definition) is 7. The van der Waals surface area contributed by atoms with Crippen LogP contribution in [0.1, 0.15) is 22.2 Å². The first-order chi connectivity index (χ1) is 15.5. The van der Waals surface area contributed by atoms with Gasteiger partial charge < -0.3 is 14.3 Å². The van der Waals surface area contributed by atoms with E-state index in [-0.39, 0.29) is 16.5 Å². The number of furan rings is 1. The topological polar surface area (TPSA) is 92.9 Å². The molecule has 0 saturated heterocycles. The molecule has 1 atom stereocenters. The van der Waals surface area contributed by atoms with Gasteiger partial charge >= 0.3 is 0 Å². The highest BCUT2D eigenvalue weighted by Gasteiger charge is 2.47. The Balaban J connectivity index is 1.72. The Morgan fingerprint density at radius 3 is 2.78 bits per heavy atom. The van der Waals surface area contributed by atoms with E-state index in [9.17, 15) is 19.1 Å². The van der Waals surface area contributed by atoms with Gasteiger partial charge in [-0.15, -0.1) is 0 Å². The maximum absolute atomic E-state index is 13.7. The van der Waals surface area contributed by atoms with Gasteiger partial charge in [0, 0.05) is 5.56 Å². The highest BCUT2D eigenvalue weighted by molar-refractivity contribution is 7.22. The normalized spacial score (nSPS) is 16.2. The SMILES string of the molecule is COc1ccccc1[C@H]1C(C(=O)c2ccco2)=C(O)C(=O)N1c1nc2ccc(F)cc2s1. The van der Waals surface area contributed by atoms with E-state index >= 15 is 0 Å². The predicted octanol–water partition coefficient (Wildman–Crippen LogP) is 4.82. The standard InChI is InChI=1S/C23H15FN2O5S/c1-30-15-6-3-2-5-13(15)19-18(20(27)16-7-4-10-31-16)21(28)22(29)26(19)23-25-14-9-8-12(24)11-17(14)32-23/h2-11,19,28H,1H3/t19-/m0/s1. The highest BCUT2D eigenvalue weighted by atomic mass is 32.1. The van der Waals surface area contributed by atoms with Gasteiger partial charge in [-0.3, -0.25) is 14.5 Å². The lowest BCUT2D eigenvalue weighted by atomic mass is 9.94. The predicted molar refractivity (Wildman–Crippen MR) is 115 cm³/mol. The number of ether oxygens (including phenoxy) is 1. The third-order valence-electron chi connectivity index (χ3n) is 5.18. The maximum Gasteiger partial charge on any atom is 0.296 e. The van der Waals surface area contributed by atoms with E-state index in [1.165, 1.54) is 42.5 Å². The van der Waals surface area contributed by atoms with Gasteiger partial charge in [0.2, 0.25) is 5.78 Å². The van der Waals surface area contributed by atoms with Crippen LogP contribution in [-0.2, 0) is 4.79 Å². The molecule has 3 heterocycles. The maximum atomic E-state index is 13.7. The fourth-order valence-corrected chi connectivity index (χ4v) is 4.77. The van der Waals surface area contributed by atoms with Crippen LogP contribution in [0.15, 0.2) is 76.6 Å². The van der Waals surface area contributed by atoms with Crippen molar-refractivity contribution in [2.75, 3.05) is 12.0 Å². The molecule has 0 aliphatic carbocycles. The van der Waals surface area contributed by atoms with Gasteiger partial charge in [0.05, 0.1) is 29.2 Å². The van der Waals surface area contributed by atoms with Gasteiger partial charge in [-0.2, -0.15) is 0 Å². The molecule has 0 saturated carbocycles. The summed E-state index contributed by atoms with van der Waals surface area (Å²) in [5, 5.41) is 11.0. The second-order valence-corrected chi connectivity index (χ2v) is 8.01. The molecule has 5 rings (SSSR count). The van der Waals surface area contributed by atoms with Crippen molar-refractivity contribution in [2.24, 2.45) is 0 Å². The van der Waals surface area contributed by atoms with E-state index in [0.29, 0.717) is 21.5 Å². The summed E-state index contributed by atoms with van der Waals surface area (Å²) in [5.74, 6) is -2.17. The van der Waals surface area contributed by atoms with Gasteiger partial charge in [-0.1, -0.05) is 29.5 Å². The zero-order chi connectivity index (χ0) is 22.4. The Labute approximate surface area is 185 Å². The minimum absolute atomic E-state index is 0.0209. The van der Waals surface area contributed by atoms with Gasteiger partial charge in [0.15, 0.2) is 16.7 Å². The smallest absolute Gasteiger partial charge is 0.296 e. The van der Waals surface area contributed by atoms with Crippen LogP contribution in [0.2, 0.25) is 0 Å². The van der Waals surface area contributed by atoms with Crippen LogP contribution in [-0.4, -0.2) is 28.9 Å². The van der Waals surface area contributed by atoms with Crippen molar-refractivity contribution in [3.05, 3.63) is 89.3 Å². The first-order valence-corrected chi connectivity index (χ1v) is 10.3.